The van der Waals surface area contributed by atoms with Gasteiger partial charge in [-0.2, -0.15) is 0 Å². The van der Waals surface area contributed by atoms with Crippen LogP contribution in [0.1, 0.15) is 56.0 Å². The lowest BCUT2D eigenvalue weighted by Gasteiger charge is -2.36. The smallest absolute Gasteiger partial charge is 0.409 e. The van der Waals surface area contributed by atoms with Crippen LogP contribution in [-0.2, 0) is 22.4 Å². The fraction of sp³-hybridized carbons (Fsp3) is 0.737. The predicted octanol–water partition coefficient (Wildman–Crippen LogP) is 2.83. The van der Waals surface area contributed by atoms with Crippen molar-refractivity contribution in [1.29, 1.82) is 0 Å². The van der Waals surface area contributed by atoms with Crippen LogP contribution in [0.5, 0.6) is 0 Å². The van der Waals surface area contributed by atoms with E-state index < -0.39 is 0 Å². The van der Waals surface area contributed by atoms with Crippen LogP contribution >= 0.6 is 11.3 Å². The van der Waals surface area contributed by atoms with Gasteiger partial charge in [-0.3, -0.25) is 4.79 Å². The van der Waals surface area contributed by atoms with Gasteiger partial charge in [0.05, 0.1) is 12.8 Å². The Bertz CT molecular complexity index is 678. The molecule has 0 spiro atoms. The van der Waals surface area contributed by atoms with Crippen molar-refractivity contribution in [2.24, 2.45) is 0 Å². The molecule has 2 N–H and O–H groups in total. The van der Waals surface area contributed by atoms with Gasteiger partial charge in [0.1, 0.15) is 0 Å². The maximum atomic E-state index is 12.3. The SMILES string of the molecule is COC(=O)N1CCCCC1CCCN(C(C)=O)C1CCc2nc(N)sc2C1. The van der Waals surface area contributed by atoms with Crippen molar-refractivity contribution in [2.45, 2.75) is 70.4 Å². The van der Waals surface area contributed by atoms with Crippen LogP contribution in [0.4, 0.5) is 9.93 Å². The summed E-state index contributed by atoms with van der Waals surface area (Å²) >= 11 is 1.55. The lowest BCUT2D eigenvalue weighted by molar-refractivity contribution is -0.131. The van der Waals surface area contributed by atoms with Crippen LogP contribution in [-0.4, -0.2) is 59.1 Å². The van der Waals surface area contributed by atoms with Gasteiger partial charge >= 0.3 is 6.09 Å². The number of fused-ring (bicyclic) bond motifs is 1. The highest BCUT2D eigenvalue weighted by Crippen LogP contribution is 2.30. The maximum Gasteiger partial charge on any atom is 0.409 e. The van der Waals surface area contributed by atoms with E-state index in [1.807, 2.05) is 9.80 Å². The number of anilines is 1. The van der Waals surface area contributed by atoms with Gasteiger partial charge in [-0.05, 0) is 44.9 Å². The summed E-state index contributed by atoms with van der Waals surface area (Å²) < 4.78 is 4.92. The number of rotatable bonds is 5. The van der Waals surface area contributed by atoms with E-state index in [9.17, 15) is 9.59 Å². The first-order valence-electron chi connectivity index (χ1n) is 9.85. The van der Waals surface area contributed by atoms with Crippen LogP contribution < -0.4 is 5.73 Å². The van der Waals surface area contributed by atoms with Crippen LogP contribution in [0.25, 0.3) is 0 Å². The zero-order chi connectivity index (χ0) is 19.4. The Morgan fingerprint density at radius 2 is 2.19 bits per heavy atom. The standard InChI is InChI=1S/C19H30N4O3S/c1-13(24)22(15-8-9-16-17(12-15)27-18(20)21-16)11-5-7-14-6-3-4-10-23(14)19(25)26-2/h14-15H,3-12H2,1-2H3,(H2,20,21). The molecule has 8 heteroatoms. The lowest BCUT2D eigenvalue weighted by Crippen LogP contribution is -2.45. The van der Waals surface area contributed by atoms with Crippen LogP contribution in [0.2, 0.25) is 0 Å². The Labute approximate surface area is 164 Å². The number of likely N-dealkylation sites (tertiary alicyclic amines) is 1. The quantitative estimate of drug-likeness (QED) is 0.829. The minimum atomic E-state index is -0.231. The molecule has 1 saturated heterocycles. The van der Waals surface area contributed by atoms with E-state index in [1.54, 1.807) is 18.3 Å². The molecule has 2 heterocycles. The Morgan fingerprint density at radius 1 is 1.37 bits per heavy atom. The third-order valence-electron chi connectivity index (χ3n) is 5.75. The molecular weight excluding hydrogens is 364 g/mol. The topological polar surface area (TPSA) is 88.8 Å². The van der Waals surface area contributed by atoms with Crippen molar-refractivity contribution < 1.29 is 14.3 Å². The molecule has 1 fully saturated rings. The molecule has 2 unspecified atom stereocenters. The number of nitrogens with zero attached hydrogens (tertiary/aromatic N) is 3. The molecule has 2 aliphatic rings. The molecule has 0 aromatic carbocycles. The molecule has 1 aliphatic heterocycles. The second-order valence-electron chi connectivity index (χ2n) is 7.49. The lowest BCUT2D eigenvalue weighted by atomic mass is 9.95. The average Bonchev–Trinajstić information content (AvgIpc) is 3.03. The first-order chi connectivity index (χ1) is 13.0. The van der Waals surface area contributed by atoms with Crippen LogP contribution in [0.15, 0.2) is 0 Å². The third kappa shape index (κ3) is 4.72. The largest absolute Gasteiger partial charge is 0.453 e. The van der Waals surface area contributed by atoms with E-state index in [4.69, 9.17) is 10.5 Å². The summed E-state index contributed by atoms with van der Waals surface area (Å²) in [4.78, 5) is 33.7. The molecule has 150 valence electrons. The zero-order valence-electron chi connectivity index (χ0n) is 16.3. The maximum absolute atomic E-state index is 12.3. The van der Waals surface area contributed by atoms with Crippen molar-refractivity contribution in [3.05, 3.63) is 10.6 Å². The first kappa shape index (κ1) is 19.9. The van der Waals surface area contributed by atoms with Crippen molar-refractivity contribution >= 4 is 28.5 Å². The summed E-state index contributed by atoms with van der Waals surface area (Å²) in [6, 6.07) is 0.442. The minimum absolute atomic E-state index is 0.120. The van der Waals surface area contributed by atoms with E-state index in [1.165, 1.54) is 12.0 Å². The molecule has 0 radical (unpaired) electrons. The summed E-state index contributed by atoms with van der Waals surface area (Å²) in [6.45, 7) is 3.15. The fourth-order valence-corrected chi connectivity index (χ4v) is 5.35. The van der Waals surface area contributed by atoms with Crippen molar-refractivity contribution in [2.75, 3.05) is 25.9 Å². The molecule has 3 rings (SSSR count). The number of nitrogens with two attached hydrogens (primary N) is 1. The second-order valence-corrected chi connectivity index (χ2v) is 8.60. The number of ether oxygens (including phenoxy) is 1. The van der Waals surface area contributed by atoms with Gasteiger partial charge in [0, 0.05) is 43.4 Å². The Hall–Kier alpha value is -1.83. The average molecular weight is 395 g/mol. The highest BCUT2D eigenvalue weighted by Gasteiger charge is 2.30. The Morgan fingerprint density at radius 3 is 2.93 bits per heavy atom. The van der Waals surface area contributed by atoms with Gasteiger partial charge in [0.15, 0.2) is 5.13 Å². The van der Waals surface area contributed by atoms with Gasteiger partial charge in [-0.1, -0.05) is 0 Å². The minimum Gasteiger partial charge on any atom is -0.453 e. The molecule has 1 aromatic rings. The van der Waals surface area contributed by atoms with E-state index >= 15 is 0 Å². The van der Waals surface area contributed by atoms with Gasteiger partial charge in [0.25, 0.3) is 0 Å². The molecular formula is C19H30N4O3S. The molecule has 2 atom stereocenters. The third-order valence-corrected chi connectivity index (χ3v) is 6.70. The number of carbonyl (C=O) groups is 2. The Kier molecular flexibility index (Phi) is 6.57. The summed E-state index contributed by atoms with van der Waals surface area (Å²) in [5, 5.41) is 0.621. The van der Waals surface area contributed by atoms with Gasteiger partial charge in [-0.15, -0.1) is 11.3 Å². The summed E-state index contributed by atoms with van der Waals surface area (Å²) in [7, 11) is 1.44. The Balaban J connectivity index is 1.56. The molecule has 27 heavy (non-hydrogen) atoms. The first-order valence-corrected chi connectivity index (χ1v) is 10.7. The number of methoxy groups -OCH3 is 1. The van der Waals surface area contributed by atoms with Crippen LogP contribution in [0, 0.1) is 0 Å². The highest BCUT2D eigenvalue weighted by atomic mass is 32.1. The number of amides is 2. The molecule has 0 bridgehead atoms. The zero-order valence-corrected chi connectivity index (χ0v) is 17.1. The van der Waals surface area contributed by atoms with E-state index in [-0.39, 0.29) is 24.1 Å². The van der Waals surface area contributed by atoms with E-state index in [0.29, 0.717) is 5.13 Å². The number of nitrogen functional groups attached to an aromatic ring is 1. The number of aromatic nitrogens is 1. The number of hydrogen-bond acceptors (Lipinski definition) is 6. The highest BCUT2D eigenvalue weighted by molar-refractivity contribution is 7.15. The summed E-state index contributed by atoms with van der Waals surface area (Å²) in [6.07, 6.45) is 7.44. The molecule has 2 amide bonds. The van der Waals surface area contributed by atoms with Crippen molar-refractivity contribution in [1.82, 2.24) is 14.8 Å². The molecule has 0 saturated carbocycles. The number of carbonyl (C=O) groups excluding carboxylic acids is 2. The van der Waals surface area contributed by atoms with Crippen molar-refractivity contribution in [3.63, 3.8) is 0 Å². The van der Waals surface area contributed by atoms with Gasteiger partial charge in [0.2, 0.25) is 5.91 Å². The summed E-state index contributed by atoms with van der Waals surface area (Å²) in [5.41, 5.74) is 6.94. The fourth-order valence-electron chi connectivity index (χ4n) is 4.40. The monoisotopic (exact) mass is 394 g/mol. The summed E-state index contributed by atoms with van der Waals surface area (Å²) in [5.74, 6) is 0.120. The molecule has 7 nitrogen and oxygen atoms in total. The number of hydrogen-bond donors (Lipinski definition) is 1. The molecule has 1 aliphatic carbocycles. The number of thiazole rings is 1. The van der Waals surface area contributed by atoms with Gasteiger partial charge in [-0.25, -0.2) is 9.78 Å². The van der Waals surface area contributed by atoms with E-state index in [2.05, 4.69) is 4.98 Å². The second kappa shape index (κ2) is 8.91. The predicted molar refractivity (Wildman–Crippen MR) is 106 cm³/mol. The van der Waals surface area contributed by atoms with Crippen molar-refractivity contribution in [3.8, 4) is 0 Å². The normalized spacial score (nSPS) is 22.2. The number of piperidine rings is 1. The number of aryl methyl sites for hydroxylation is 1. The molecule has 1 aromatic heterocycles. The van der Waals surface area contributed by atoms with E-state index in [0.717, 1.165) is 70.2 Å². The van der Waals surface area contributed by atoms with Gasteiger partial charge < -0.3 is 20.3 Å². The van der Waals surface area contributed by atoms with Crippen LogP contribution in [0.3, 0.4) is 0 Å².